The number of carbonyl (C=O) groups excluding carboxylic acids is 2. The van der Waals surface area contributed by atoms with Gasteiger partial charge in [-0.3, -0.25) is 14.2 Å². The number of rotatable bonds is 6. The van der Waals surface area contributed by atoms with Crippen molar-refractivity contribution in [2.75, 3.05) is 6.54 Å². The van der Waals surface area contributed by atoms with Crippen LogP contribution in [0.15, 0.2) is 30.3 Å². The highest BCUT2D eigenvalue weighted by Crippen LogP contribution is 2.40. The molecular weight excluding hydrogens is 342 g/mol. The second-order valence-corrected chi connectivity index (χ2v) is 8.13. The Hall–Kier alpha value is -2.70. The van der Waals surface area contributed by atoms with Gasteiger partial charge in [0, 0.05) is 36.4 Å². The highest BCUT2D eigenvalue weighted by molar-refractivity contribution is 5.90. The molecule has 0 bridgehead atoms. The SMILES string of the molecule is CC1(C)CNC(=O)C1NC(=O)CCc1nnc(C2CC2)n1-c1ccccc1. The number of aromatic nitrogens is 3. The number of benzene rings is 1. The summed E-state index contributed by atoms with van der Waals surface area (Å²) in [6.07, 6.45) is 3.03. The molecule has 1 unspecified atom stereocenters. The molecule has 2 fully saturated rings. The van der Waals surface area contributed by atoms with E-state index in [0.29, 0.717) is 18.9 Å². The van der Waals surface area contributed by atoms with Crippen molar-refractivity contribution in [3.05, 3.63) is 42.0 Å². The Morgan fingerprint density at radius 1 is 1.26 bits per heavy atom. The molecule has 1 atom stereocenters. The molecular formula is C20H25N5O2. The van der Waals surface area contributed by atoms with Crippen LogP contribution in [-0.2, 0) is 16.0 Å². The maximum Gasteiger partial charge on any atom is 0.243 e. The zero-order chi connectivity index (χ0) is 19.0. The van der Waals surface area contributed by atoms with Crippen LogP contribution in [-0.4, -0.2) is 39.2 Å². The maximum atomic E-state index is 12.5. The second kappa shape index (κ2) is 6.79. The third-order valence-electron chi connectivity index (χ3n) is 5.35. The van der Waals surface area contributed by atoms with Crippen molar-refractivity contribution in [1.29, 1.82) is 0 Å². The summed E-state index contributed by atoms with van der Waals surface area (Å²) in [6, 6.07) is 9.53. The van der Waals surface area contributed by atoms with E-state index in [1.165, 1.54) is 0 Å². The fraction of sp³-hybridized carbons (Fsp3) is 0.500. The molecule has 27 heavy (non-hydrogen) atoms. The monoisotopic (exact) mass is 367 g/mol. The van der Waals surface area contributed by atoms with E-state index in [9.17, 15) is 9.59 Å². The van der Waals surface area contributed by atoms with Crippen molar-refractivity contribution in [3.63, 3.8) is 0 Å². The Morgan fingerprint density at radius 3 is 2.63 bits per heavy atom. The van der Waals surface area contributed by atoms with Crippen LogP contribution in [0.5, 0.6) is 0 Å². The second-order valence-electron chi connectivity index (χ2n) is 8.13. The van der Waals surface area contributed by atoms with E-state index in [-0.39, 0.29) is 23.7 Å². The van der Waals surface area contributed by atoms with E-state index in [1.807, 2.05) is 44.2 Å². The molecule has 7 heteroatoms. The van der Waals surface area contributed by atoms with Gasteiger partial charge in [-0.25, -0.2) is 0 Å². The van der Waals surface area contributed by atoms with Crippen molar-refractivity contribution in [2.24, 2.45) is 5.41 Å². The van der Waals surface area contributed by atoms with Gasteiger partial charge in [-0.1, -0.05) is 32.0 Å². The minimum absolute atomic E-state index is 0.114. The summed E-state index contributed by atoms with van der Waals surface area (Å²) < 4.78 is 2.08. The Balaban J connectivity index is 1.47. The van der Waals surface area contributed by atoms with Gasteiger partial charge in [0.25, 0.3) is 0 Å². The fourth-order valence-corrected chi connectivity index (χ4v) is 3.55. The van der Waals surface area contributed by atoms with Gasteiger partial charge in [-0.15, -0.1) is 10.2 Å². The van der Waals surface area contributed by atoms with Gasteiger partial charge < -0.3 is 10.6 Å². The van der Waals surface area contributed by atoms with Gasteiger partial charge in [0.15, 0.2) is 0 Å². The average molecular weight is 367 g/mol. The van der Waals surface area contributed by atoms with E-state index in [0.717, 1.165) is 30.2 Å². The molecule has 1 saturated heterocycles. The number of para-hydroxylation sites is 1. The number of aryl methyl sites for hydroxylation is 1. The molecule has 2 amide bonds. The number of nitrogens with one attached hydrogen (secondary N) is 2. The lowest BCUT2D eigenvalue weighted by molar-refractivity contribution is -0.128. The summed E-state index contributed by atoms with van der Waals surface area (Å²) in [7, 11) is 0. The topological polar surface area (TPSA) is 88.9 Å². The molecule has 1 aliphatic carbocycles. The average Bonchev–Trinajstić information content (AvgIpc) is 3.36. The molecule has 2 aromatic rings. The normalized spacial score (nSPS) is 21.1. The minimum Gasteiger partial charge on any atom is -0.354 e. The molecule has 1 aromatic heterocycles. The molecule has 142 valence electrons. The van der Waals surface area contributed by atoms with Crippen LogP contribution < -0.4 is 10.6 Å². The number of hydrogen-bond acceptors (Lipinski definition) is 4. The third-order valence-corrected chi connectivity index (χ3v) is 5.35. The van der Waals surface area contributed by atoms with E-state index in [2.05, 4.69) is 25.4 Å². The van der Waals surface area contributed by atoms with E-state index in [1.54, 1.807) is 0 Å². The molecule has 0 spiro atoms. The van der Waals surface area contributed by atoms with Crippen LogP contribution in [0.1, 0.15) is 50.7 Å². The number of carbonyl (C=O) groups is 2. The van der Waals surface area contributed by atoms with Crippen molar-refractivity contribution >= 4 is 11.8 Å². The molecule has 0 radical (unpaired) electrons. The molecule has 7 nitrogen and oxygen atoms in total. The summed E-state index contributed by atoms with van der Waals surface area (Å²) in [5.74, 6) is 1.97. The summed E-state index contributed by atoms with van der Waals surface area (Å²) in [5, 5.41) is 14.4. The largest absolute Gasteiger partial charge is 0.354 e. The molecule has 2 aliphatic rings. The van der Waals surface area contributed by atoms with Crippen LogP contribution >= 0.6 is 0 Å². The Labute approximate surface area is 158 Å². The first-order chi connectivity index (χ1) is 13.0. The number of hydrogen-bond donors (Lipinski definition) is 2. The van der Waals surface area contributed by atoms with Crippen LogP contribution in [0.25, 0.3) is 5.69 Å². The number of amides is 2. The Kier molecular flexibility index (Phi) is 4.45. The lowest BCUT2D eigenvalue weighted by atomic mass is 9.87. The first-order valence-corrected chi connectivity index (χ1v) is 9.52. The smallest absolute Gasteiger partial charge is 0.243 e. The summed E-state index contributed by atoms with van der Waals surface area (Å²) in [6.45, 7) is 4.53. The van der Waals surface area contributed by atoms with Gasteiger partial charge in [-0.2, -0.15) is 0 Å². The first kappa shape index (κ1) is 17.7. The summed E-state index contributed by atoms with van der Waals surface area (Å²) >= 11 is 0. The van der Waals surface area contributed by atoms with Crippen LogP contribution in [0.4, 0.5) is 0 Å². The van der Waals surface area contributed by atoms with Crippen molar-refractivity contribution in [2.45, 2.75) is 51.5 Å². The Morgan fingerprint density at radius 2 is 2.00 bits per heavy atom. The predicted molar refractivity (Wildman–Crippen MR) is 100 cm³/mol. The third kappa shape index (κ3) is 3.59. The maximum absolute atomic E-state index is 12.5. The predicted octanol–water partition coefficient (Wildman–Crippen LogP) is 1.72. The minimum atomic E-state index is -0.487. The highest BCUT2D eigenvalue weighted by atomic mass is 16.2. The van der Waals surface area contributed by atoms with Gasteiger partial charge in [0.2, 0.25) is 11.8 Å². The van der Waals surface area contributed by atoms with Gasteiger partial charge in [0.1, 0.15) is 17.7 Å². The summed E-state index contributed by atoms with van der Waals surface area (Å²) in [4.78, 5) is 24.4. The molecule has 1 aliphatic heterocycles. The van der Waals surface area contributed by atoms with E-state index in [4.69, 9.17) is 0 Å². The van der Waals surface area contributed by atoms with Crippen LogP contribution in [0.2, 0.25) is 0 Å². The molecule has 2 N–H and O–H groups in total. The van der Waals surface area contributed by atoms with Gasteiger partial charge in [-0.05, 0) is 25.0 Å². The fourth-order valence-electron chi connectivity index (χ4n) is 3.55. The van der Waals surface area contributed by atoms with Crippen LogP contribution in [0, 0.1) is 5.41 Å². The van der Waals surface area contributed by atoms with Crippen LogP contribution in [0.3, 0.4) is 0 Å². The van der Waals surface area contributed by atoms with Crippen molar-refractivity contribution in [3.8, 4) is 5.69 Å². The Bertz CT molecular complexity index is 855. The summed E-state index contributed by atoms with van der Waals surface area (Å²) in [5.41, 5.74) is 0.742. The van der Waals surface area contributed by atoms with Crippen molar-refractivity contribution in [1.82, 2.24) is 25.4 Å². The highest BCUT2D eigenvalue weighted by Gasteiger charge is 2.42. The standard InChI is InChI=1S/C20H25N5O2/c1-20(2)12-21-19(27)17(20)22-16(26)11-10-15-23-24-18(13-8-9-13)25(15)14-6-4-3-5-7-14/h3-7,13,17H,8-12H2,1-2H3,(H,21,27)(H,22,26). The number of nitrogens with zero attached hydrogens (tertiary/aromatic N) is 3. The van der Waals surface area contributed by atoms with Crippen molar-refractivity contribution < 1.29 is 9.59 Å². The van der Waals surface area contributed by atoms with Gasteiger partial charge >= 0.3 is 0 Å². The molecule has 2 heterocycles. The zero-order valence-electron chi connectivity index (χ0n) is 15.7. The van der Waals surface area contributed by atoms with E-state index >= 15 is 0 Å². The lowest BCUT2D eigenvalue weighted by Crippen LogP contribution is -2.46. The lowest BCUT2D eigenvalue weighted by Gasteiger charge is -2.24. The quantitative estimate of drug-likeness (QED) is 0.814. The van der Waals surface area contributed by atoms with E-state index < -0.39 is 6.04 Å². The molecule has 4 rings (SSSR count). The first-order valence-electron chi connectivity index (χ1n) is 9.52. The molecule has 1 aromatic carbocycles. The molecule has 1 saturated carbocycles. The van der Waals surface area contributed by atoms with Gasteiger partial charge in [0.05, 0.1) is 0 Å². The zero-order valence-corrected chi connectivity index (χ0v) is 15.7.